The molecule has 1 heterocycles. The topological polar surface area (TPSA) is 3.24 Å². The number of rotatable bonds is 9. The molecule has 11 aromatic rings. The lowest BCUT2D eigenvalue weighted by Crippen LogP contribution is -2.72. The van der Waals surface area contributed by atoms with E-state index >= 15 is 0 Å². The minimum Gasteiger partial charge on any atom is -0.310 e. The molecule has 0 atom stereocenters. The Kier molecular flexibility index (Phi) is 10.0. The van der Waals surface area contributed by atoms with Crippen molar-refractivity contribution in [2.24, 2.45) is 0 Å². The van der Waals surface area contributed by atoms with Gasteiger partial charge in [0, 0.05) is 22.5 Å². The number of fused-ring (bicyclic) bond motifs is 6. The molecule has 0 aromatic heterocycles. The Morgan fingerprint density at radius 3 is 1.33 bits per heavy atom. The average Bonchev–Trinajstić information content (AvgIpc) is 3.89. The zero-order valence-electron chi connectivity index (χ0n) is 39.0. The Hall–Kier alpha value is -8.56. The monoisotopic (exact) mass is 907 g/mol. The zero-order valence-corrected chi connectivity index (χ0v) is 40.0. The minimum atomic E-state index is -2.78. The van der Waals surface area contributed by atoms with E-state index in [9.17, 15) is 0 Å². The van der Waals surface area contributed by atoms with Crippen molar-refractivity contribution < 1.29 is 0 Å². The third kappa shape index (κ3) is 6.59. The van der Waals surface area contributed by atoms with E-state index in [2.05, 4.69) is 291 Å². The number of anilines is 3. The Bertz CT molecular complexity index is 3580. The molecule has 70 heavy (non-hydrogen) atoms. The summed E-state index contributed by atoms with van der Waals surface area (Å²) in [6.45, 7) is 2.40. The van der Waals surface area contributed by atoms with Gasteiger partial charge in [-0.15, -0.1) is 0 Å². The van der Waals surface area contributed by atoms with Crippen LogP contribution in [0.4, 0.5) is 17.1 Å². The predicted octanol–water partition coefficient (Wildman–Crippen LogP) is 14.8. The molecule has 0 amide bonds. The van der Waals surface area contributed by atoms with Gasteiger partial charge in [0.05, 0.1) is 0 Å². The van der Waals surface area contributed by atoms with Crippen molar-refractivity contribution in [1.82, 2.24) is 0 Å². The standard InChI is InChI=1S/C68H49NSi/c1-68(64-35-15-11-31-60(64)61-32-12-16-36-65(61)68)54-26-19-25-51(44-54)50-39-41-55(42-40-50)69(57-45-52(48-21-5-2-6-22-48)43-53(46-57)49-23-7-3-8-24-49)56-27-20-30-59(47-56)70(58-28-9-4-10-29-58)66-37-17-13-33-62(66)63-34-14-18-38-67(63)70/h2-47H,1H3. The molecule has 0 fully saturated rings. The van der Waals surface area contributed by atoms with Gasteiger partial charge in [0.1, 0.15) is 0 Å². The van der Waals surface area contributed by atoms with Crippen molar-refractivity contribution >= 4 is 45.9 Å². The van der Waals surface area contributed by atoms with Crippen molar-refractivity contribution in [3.8, 4) is 55.6 Å². The van der Waals surface area contributed by atoms with Crippen LogP contribution in [-0.4, -0.2) is 8.07 Å². The van der Waals surface area contributed by atoms with Gasteiger partial charge in [-0.3, -0.25) is 0 Å². The summed E-state index contributed by atoms with van der Waals surface area (Å²) in [5, 5.41) is 5.62. The molecule has 11 aromatic carbocycles. The van der Waals surface area contributed by atoms with E-state index in [0.717, 1.165) is 17.1 Å². The third-order valence-corrected chi connectivity index (χ3v) is 20.1. The first kappa shape index (κ1) is 41.6. The number of hydrogen-bond acceptors (Lipinski definition) is 1. The molecule has 0 bridgehead atoms. The molecule has 0 saturated heterocycles. The van der Waals surface area contributed by atoms with E-state index in [0.29, 0.717) is 0 Å². The maximum atomic E-state index is 2.50. The van der Waals surface area contributed by atoms with Crippen molar-refractivity contribution in [3.05, 3.63) is 296 Å². The molecule has 1 nitrogen and oxygen atoms in total. The largest absolute Gasteiger partial charge is 0.310 e. The maximum absolute atomic E-state index is 2.78. The van der Waals surface area contributed by atoms with Gasteiger partial charge < -0.3 is 4.90 Å². The molecule has 2 heteroatoms. The number of benzene rings is 11. The first-order chi connectivity index (χ1) is 34.6. The van der Waals surface area contributed by atoms with Crippen LogP contribution < -0.4 is 25.6 Å². The van der Waals surface area contributed by atoms with Gasteiger partial charge in [0.2, 0.25) is 0 Å². The lowest BCUT2D eigenvalue weighted by atomic mass is 9.74. The summed E-state index contributed by atoms with van der Waals surface area (Å²) >= 11 is 0. The van der Waals surface area contributed by atoms with Crippen molar-refractivity contribution in [2.75, 3.05) is 4.90 Å². The van der Waals surface area contributed by atoms with E-state index in [1.807, 2.05) is 0 Å². The van der Waals surface area contributed by atoms with Gasteiger partial charge in [-0.25, -0.2) is 0 Å². The lowest BCUT2D eigenvalue weighted by molar-refractivity contribution is 0.714. The van der Waals surface area contributed by atoms with Crippen LogP contribution in [0.5, 0.6) is 0 Å². The van der Waals surface area contributed by atoms with E-state index in [1.165, 1.54) is 93.1 Å². The normalized spacial score (nSPS) is 13.4. The van der Waals surface area contributed by atoms with E-state index < -0.39 is 8.07 Å². The first-order valence-corrected chi connectivity index (χ1v) is 26.4. The van der Waals surface area contributed by atoms with E-state index in [-0.39, 0.29) is 5.41 Å². The Balaban J connectivity index is 0.994. The van der Waals surface area contributed by atoms with Crippen LogP contribution in [0.3, 0.4) is 0 Å². The highest BCUT2D eigenvalue weighted by Crippen LogP contribution is 2.52. The van der Waals surface area contributed by atoms with Crippen LogP contribution in [0.25, 0.3) is 55.6 Å². The summed E-state index contributed by atoms with van der Waals surface area (Å²) in [6, 6.07) is 104. The predicted molar refractivity (Wildman–Crippen MR) is 297 cm³/mol. The molecule has 13 rings (SSSR count). The SMILES string of the molecule is CC1(c2cccc(-c3ccc(N(c4cc(-c5ccccc5)cc(-c5ccccc5)c4)c4cccc([Si]5(c6ccccc6)c6ccccc6-c6ccccc65)c4)cc3)c2)c2ccccc2-c2ccccc21. The molecule has 1 aliphatic heterocycles. The molecule has 0 unspecified atom stereocenters. The second kappa shape index (κ2) is 16.9. The first-order valence-electron chi connectivity index (χ1n) is 24.4. The van der Waals surface area contributed by atoms with Crippen molar-refractivity contribution in [1.29, 1.82) is 0 Å². The van der Waals surface area contributed by atoms with Crippen molar-refractivity contribution in [3.63, 3.8) is 0 Å². The molecule has 2 aliphatic rings. The Morgan fingerprint density at radius 1 is 0.286 bits per heavy atom. The van der Waals surface area contributed by atoms with Crippen LogP contribution in [0.15, 0.2) is 279 Å². The molecule has 0 saturated carbocycles. The molecular formula is C68H49NSi. The van der Waals surface area contributed by atoms with E-state index in [4.69, 9.17) is 0 Å². The fourth-order valence-corrected chi connectivity index (χ4v) is 17.2. The summed E-state index contributed by atoms with van der Waals surface area (Å²) in [4.78, 5) is 2.48. The lowest BCUT2D eigenvalue weighted by Gasteiger charge is -2.33. The Morgan fingerprint density at radius 2 is 0.743 bits per heavy atom. The maximum Gasteiger partial charge on any atom is 0.180 e. The van der Waals surface area contributed by atoms with Gasteiger partial charge in [-0.1, -0.05) is 231 Å². The van der Waals surface area contributed by atoms with Crippen molar-refractivity contribution in [2.45, 2.75) is 12.3 Å². The molecule has 0 radical (unpaired) electrons. The summed E-state index contributed by atoms with van der Waals surface area (Å²) in [5.74, 6) is 0. The Labute approximate surface area is 412 Å². The van der Waals surface area contributed by atoms with Gasteiger partial charge in [0.15, 0.2) is 8.07 Å². The fourth-order valence-electron chi connectivity index (χ4n) is 11.9. The van der Waals surface area contributed by atoms with Gasteiger partial charge >= 0.3 is 0 Å². The smallest absolute Gasteiger partial charge is 0.180 e. The zero-order chi connectivity index (χ0) is 46.7. The van der Waals surface area contributed by atoms with Crippen LogP contribution in [-0.2, 0) is 5.41 Å². The summed E-state index contributed by atoms with van der Waals surface area (Å²) in [6.07, 6.45) is 0. The number of nitrogens with zero attached hydrogens (tertiary/aromatic N) is 1. The third-order valence-electron chi connectivity index (χ3n) is 15.2. The minimum absolute atomic E-state index is 0.272. The average molecular weight is 908 g/mol. The molecule has 0 N–H and O–H groups in total. The highest BCUT2D eigenvalue weighted by molar-refractivity contribution is 7.22. The highest BCUT2D eigenvalue weighted by atomic mass is 28.3. The number of hydrogen-bond donors (Lipinski definition) is 0. The molecule has 1 aliphatic carbocycles. The summed E-state index contributed by atoms with van der Waals surface area (Å²) in [7, 11) is -2.78. The second-order valence-electron chi connectivity index (χ2n) is 18.9. The van der Waals surface area contributed by atoms with Gasteiger partial charge in [-0.2, -0.15) is 0 Å². The molecule has 0 spiro atoms. The van der Waals surface area contributed by atoms with Crippen LogP contribution in [0, 0.1) is 0 Å². The summed E-state index contributed by atoms with van der Waals surface area (Å²) < 4.78 is 0. The fraction of sp³-hybridized carbons (Fsp3) is 0.0294. The van der Waals surface area contributed by atoms with Crippen LogP contribution in [0.2, 0.25) is 0 Å². The summed E-state index contributed by atoms with van der Waals surface area (Å²) in [5.41, 5.74) is 19.5. The van der Waals surface area contributed by atoms with Gasteiger partial charge in [-0.05, 0) is 149 Å². The quantitative estimate of drug-likeness (QED) is 0.130. The van der Waals surface area contributed by atoms with Crippen LogP contribution in [0.1, 0.15) is 23.6 Å². The molecule has 330 valence electrons. The second-order valence-corrected chi connectivity index (χ2v) is 22.7. The van der Waals surface area contributed by atoms with Crippen LogP contribution >= 0.6 is 0 Å². The van der Waals surface area contributed by atoms with E-state index in [1.54, 1.807) is 0 Å². The highest BCUT2D eigenvalue weighted by Gasteiger charge is 2.48. The van der Waals surface area contributed by atoms with Gasteiger partial charge in [0.25, 0.3) is 0 Å². The molecular weight excluding hydrogens is 859 g/mol.